The molecular formula is C15H24N2O2. The van der Waals surface area contributed by atoms with Gasteiger partial charge in [-0.15, -0.1) is 0 Å². The second-order valence-corrected chi connectivity index (χ2v) is 6.28. The first-order valence-corrected chi connectivity index (χ1v) is 6.66. The Balaban J connectivity index is 2.60. The molecule has 4 heteroatoms. The Labute approximate surface area is 115 Å². The predicted molar refractivity (Wildman–Crippen MR) is 78.2 cm³/mol. The Morgan fingerprint density at radius 2 is 2.00 bits per heavy atom. The van der Waals surface area contributed by atoms with Crippen LogP contribution in [0.2, 0.25) is 0 Å². The van der Waals surface area contributed by atoms with E-state index in [0.717, 1.165) is 12.1 Å². The Kier molecular flexibility index (Phi) is 5.06. The Morgan fingerprint density at radius 1 is 1.37 bits per heavy atom. The number of rotatable bonds is 5. The fourth-order valence-corrected chi connectivity index (χ4v) is 1.70. The summed E-state index contributed by atoms with van der Waals surface area (Å²) in [5.41, 5.74) is 2.13. The number of nitro groups is 1. The number of benzene rings is 1. The number of nitro benzene ring substituents is 1. The van der Waals surface area contributed by atoms with Crippen molar-refractivity contribution in [1.82, 2.24) is 5.32 Å². The highest BCUT2D eigenvalue weighted by molar-refractivity contribution is 5.42. The molecule has 0 amide bonds. The van der Waals surface area contributed by atoms with Gasteiger partial charge in [0.1, 0.15) is 0 Å². The molecular weight excluding hydrogens is 240 g/mol. The predicted octanol–water partition coefficient (Wildman–Crippen LogP) is 3.68. The van der Waals surface area contributed by atoms with Gasteiger partial charge in [0, 0.05) is 18.2 Å². The van der Waals surface area contributed by atoms with E-state index in [2.05, 4.69) is 33.0 Å². The number of aryl methyl sites for hydroxylation is 1. The highest BCUT2D eigenvalue weighted by Gasteiger charge is 2.19. The zero-order chi connectivity index (χ0) is 14.6. The van der Waals surface area contributed by atoms with Crippen molar-refractivity contribution in [3.8, 4) is 0 Å². The van der Waals surface area contributed by atoms with Crippen LogP contribution in [0.15, 0.2) is 18.2 Å². The van der Waals surface area contributed by atoms with Gasteiger partial charge in [-0.3, -0.25) is 10.1 Å². The lowest BCUT2D eigenvalue weighted by Crippen LogP contribution is -2.29. The lowest BCUT2D eigenvalue weighted by Gasteiger charge is -2.27. The summed E-state index contributed by atoms with van der Waals surface area (Å²) in [6.45, 7) is 12.2. The molecule has 1 aromatic carbocycles. The lowest BCUT2D eigenvalue weighted by molar-refractivity contribution is -0.385. The fourth-order valence-electron chi connectivity index (χ4n) is 1.70. The number of nitrogens with zero attached hydrogens (tertiary/aromatic N) is 1. The van der Waals surface area contributed by atoms with Crippen molar-refractivity contribution < 1.29 is 4.92 Å². The van der Waals surface area contributed by atoms with Crippen molar-refractivity contribution in [3.63, 3.8) is 0 Å². The average molecular weight is 264 g/mol. The van der Waals surface area contributed by atoms with Crippen LogP contribution in [0.5, 0.6) is 0 Å². The Bertz CT molecular complexity index is 450. The molecule has 4 nitrogen and oxygen atoms in total. The molecule has 1 atom stereocenters. The molecule has 1 N–H and O–H groups in total. The third-order valence-electron chi connectivity index (χ3n) is 3.73. The first kappa shape index (κ1) is 15.6. The molecule has 0 saturated heterocycles. The summed E-state index contributed by atoms with van der Waals surface area (Å²) in [4.78, 5) is 10.5. The minimum atomic E-state index is -0.323. The molecule has 0 bridgehead atoms. The van der Waals surface area contributed by atoms with Gasteiger partial charge in [-0.1, -0.05) is 39.8 Å². The molecule has 0 aromatic heterocycles. The van der Waals surface area contributed by atoms with Crippen molar-refractivity contribution >= 4 is 5.69 Å². The van der Waals surface area contributed by atoms with E-state index in [-0.39, 0.29) is 16.0 Å². The second kappa shape index (κ2) is 6.15. The van der Waals surface area contributed by atoms with Crippen LogP contribution in [0.4, 0.5) is 5.69 Å². The molecule has 0 aliphatic heterocycles. The molecule has 0 saturated carbocycles. The van der Waals surface area contributed by atoms with Crippen molar-refractivity contribution in [3.05, 3.63) is 39.4 Å². The molecule has 0 fully saturated rings. The minimum absolute atomic E-state index is 0.197. The van der Waals surface area contributed by atoms with Crippen LogP contribution in [0, 0.1) is 28.4 Å². The van der Waals surface area contributed by atoms with Gasteiger partial charge in [0.05, 0.1) is 4.92 Å². The van der Waals surface area contributed by atoms with E-state index < -0.39 is 0 Å². The zero-order valence-electron chi connectivity index (χ0n) is 12.5. The number of hydrogen-bond acceptors (Lipinski definition) is 3. The number of nitrogens with one attached hydrogen (secondary N) is 1. The molecule has 1 rings (SSSR count). The van der Waals surface area contributed by atoms with Crippen molar-refractivity contribution in [1.29, 1.82) is 0 Å². The molecule has 0 spiro atoms. The van der Waals surface area contributed by atoms with Crippen LogP contribution in [0.3, 0.4) is 0 Å². The third kappa shape index (κ3) is 4.63. The standard InChI is InChI=1S/C15H24N2O2/c1-11-6-7-13(8-14(11)17(18)19)10-16-9-12(2)15(3,4)5/h6-8,12,16H,9-10H2,1-5H3. The molecule has 106 valence electrons. The molecule has 0 aliphatic rings. The Hall–Kier alpha value is -1.42. The van der Waals surface area contributed by atoms with Gasteiger partial charge in [-0.2, -0.15) is 0 Å². The van der Waals surface area contributed by atoms with Crippen molar-refractivity contribution in [2.75, 3.05) is 6.54 Å². The Morgan fingerprint density at radius 3 is 2.53 bits per heavy atom. The maximum absolute atomic E-state index is 10.9. The summed E-state index contributed by atoms with van der Waals surface area (Å²) in [7, 11) is 0. The van der Waals surface area contributed by atoms with Crippen LogP contribution in [0.25, 0.3) is 0 Å². The van der Waals surface area contributed by atoms with Crippen LogP contribution in [0.1, 0.15) is 38.8 Å². The summed E-state index contributed by atoms with van der Waals surface area (Å²) in [5.74, 6) is 0.549. The average Bonchev–Trinajstić information content (AvgIpc) is 2.29. The van der Waals surface area contributed by atoms with E-state index in [1.807, 2.05) is 12.1 Å². The van der Waals surface area contributed by atoms with Crippen LogP contribution < -0.4 is 5.32 Å². The molecule has 1 aromatic rings. The van der Waals surface area contributed by atoms with Gasteiger partial charge in [0.2, 0.25) is 0 Å². The molecule has 0 aliphatic carbocycles. The van der Waals surface area contributed by atoms with Gasteiger partial charge < -0.3 is 5.32 Å². The number of hydrogen-bond donors (Lipinski definition) is 1. The molecule has 19 heavy (non-hydrogen) atoms. The molecule has 1 unspecified atom stereocenters. The van der Waals surface area contributed by atoms with Gasteiger partial charge >= 0.3 is 0 Å². The van der Waals surface area contributed by atoms with E-state index in [0.29, 0.717) is 18.0 Å². The highest BCUT2D eigenvalue weighted by atomic mass is 16.6. The normalized spacial score (nSPS) is 13.3. The van der Waals surface area contributed by atoms with E-state index >= 15 is 0 Å². The summed E-state index contributed by atoms with van der Waals surface area (Å²) in [5, 5.41) is 14.2. The summed E-state index contributed by atoms with van der Waals surface area (Å²) in [6.07, 6.45) is 0. The van der Waals surface area contributed by atoms with Gasteiger partial charge in [0.25, 0.3) is 5.69 Å². The zero-order valence-corrected chi connectivity index (χ0v) is 12.5. The second-order valence-electron chi connectivity index (χ2n) is 6.28. The summed E-state index contributed by atoms with van der Waals surface area (Å²) >= 11 is 0. The van der Waals surface area contributed by atoms with Gasteiger partial charge in [0.15, 0.2) is 0 Å². The fraction of sp³-hybridized carbons (Fsp3) is 0.600. The molecule has 0 heterocycles. The van der Waals surface area contributed by atoms with E-state index in [4.69, 9.17) is 0 Å². The smallest absolute Gasteiger partial charge is 0.272 e. The van der Waals surface area contributed by atoms with E-state index in [1.54, 1.807) is 13.0 Å². The quantitative estimate of drug-likeness (QED) is 0.652. The van der Waals surface area contributed by atoms with E-state index in [9.17, 15) is 10.1 Å². The molecule has 0 radical (unpaired) electrons. The van der Waals surface area contributed by atoms with Gasteiger partial charge in [-0.05, 0) is 30.4 Å². The van der Waals surface area contributed by atoms with E-state index in [1.165, 1.54) is 0 Å². The minimum Gasteiger partial charge on any atom is -0.312 e. The van der Waals surface area contributed by atoms with Crippen LogP contribution >= 0.6 is 0 Å². The maximum atomic E-state index is 10.9. The van der Waals surface area contributed by atoms with Gasteiger partial charge in [-0.25, -0.2) is 0 Å². The topological polar surface area (TPSA) is 55.2 Å². The third-order valence-corrected chi connectivity index (χ3v) is 3.73. The SMILES string of the molecule is Cc1ccc(CNCC(C)C(C)(C)C)cc1[N+](=O)[O-]. The van der Waals surface area contributed by atoms with Crippen molar-refractivity contribution in [2.24, 2.45) is 11.3 Å². The van der Waals surface area contributed by atoms with Crippen molar-refractivity contribution in [2.45, 2.75) is 41.2 Å². The largest absolute Gasteiger partial charge is 0.312 e. The monoisotopic (exact) mass is 264 g/mol. The lowest BCUT2D eigenvalue weighted by atomic mass is 9.82. The highest BCUT2D eigenvalue weighted by Crippen LogP contribution is 2.24. The maximum Gasteiger partial charge on any atom is 0.272 e. The summed E-state index contributed by atoms with van der Waals surface area (Å²) in [6, 6.07) is 5.41. The van der Waals surface area contributed by atoms with Crippen LogP contribution in [-0.2, 0) is 6.54 Å². The first-order chi connectivity index (χ1) is 8.71. The first-order valence-electron chi connectivity index (χ1n) is 6.66. The van der Waals surface area contributed by atoms with Crippen LogP contribution in [-0.4, -0.2) is 11.5 Å². The summed E-state index contributed by atoms with van der Waals surface area (Å²) < 4.78 is 0.